The van der Waals surface area contributed by atoms with Crippen molar-refractivity contribution in [3.05, 3.63) is 82.4 Å². The highest BCUT2D eigenvalue weighted by Crippen LogP contribution is 2.37. The second-order valence-electron chi connectivity index (χ2n) is 10.6. The quantitative estimate of drug-likeness (QED) is 0.250. The Labute approximate surface area is 245 Å². The molecule has 0 aromatic heterocycles. The number of piperazine rings is 1. The highest BCUT2D eigenvalue weighted by atomic mass is 16.5. The number of nitrogens with zero attached hydrogens (tertiary/aromatic N) is 3. The average molecular weight is 572 g/mol. The summed E-state index contributed by atoms with van der Waals surface area (Å²) < 4.78 is 10.8. The van der Waals surface area contributed by atoms with Gasteiger partial charge in [-0.05, 0) is 65.6 Å². The molecular formula is C32H37N5O5. The number of amidine groups is 1. The number of anilines is 1. The lowest BCUT2D eigenvalue weighted by molar-refractivity contribution is 0.0593. The predicted molar refractivity (Wildman–Crippen MR) is 162 cm³/mol. The maximum atomic E-state index is 13.4. The molecule has 4 N–H and O–H groups in total. The van der Waals surface area contributed by atoms with Crippen molar-refractivity contribution in [1.82, 2.24) is 9.80 Å². The Kier molecular flexibility index (Phi) is 8.75. The summed E-state index contributed by atoms with van der Waals surface area (Å²) in [6, 6.07) is 16.4. The number of nitrogens with two attached hydrogens (primary N) is 1. The molecule has 3 aromatic carbocycles. The number of carbonyl (C=O) groups excluding carboxylic acids is 1. The number of carboxylic acids is 1. The molecule has 0 bridgehead atoms. The van der Waals surface area contributed by atoms with Crippen LogP contribution in [0.1, 0.15) is 37.4 Å². The third kappa shape index (κ3) is 5.95. The molecule has 0 saturated carbocycles. The zero-order valence-electron chi connectivity index (χ0n) is 24.1. The Morgan fingerprint density at radius 2 is 1.76 bits per heavy atom. The van der Waals surface area contributed by atoms with Crippen LogP contribution in [0.25, 0.3) is 11.1 Å². The first-order valence-electron chi connectivity index (χ1n) is 14.1. The third-order valence-electron chi connectivity index (χ3n) is 8.13. The normalized spacial score (nSPS) is 15.0. The molecule has 0 spiro atoms. The van der Waals surface area contributed by atoms with Gasteiger partial charge in [0, 0.05) is 75.3 Å². The molecular weight excluding hydrogens is 534 g/mol. The van der Waals surface area contributed by atoms with E-state index < -0.39 is 5.97 Å². The number of carboxylic acid groups (broad SMARTS) is 1. The van der Waals surface area contributed by atoms with E-state index in [2.05, 4.69) is 9.80 Å². The van der Waals surface area contributed by atoms with Gasteiger partial charge >= 0.3 is 5.97 Å². The van der Waals surface area contributed by atoms with Gasteiger partial charge in [-0.3, -0.25) is 15.1 Å². The van der Waals surface area contributed by atoms with Crippen molar-refractivity contribution in [2.75, 3.05) is 65.0 Å². The predicted octanol–water partition coefficient (Wildman–Crippen LogP) is 3.31. The first-order chi connectivity index (χ1) is 20.3. The van der Waals surface area contributed by atoms with Crippen molar-refractivity contribution in [2.45, 2.75) is 13.0 Å². The van der Waals surface area contributed by atoms with Crippen LogP contribution in [0, 0.1) is 5.41 Å². The molecule has 5 rings (SSSR count). The van der Waals surface area contributed by atoms with E-state index in [-0.39, 0.29) is 17.3 Å². The maximum Gasteiger partial charge on any atom is 0.336 e. The lowest BCUT2D eigenvalue weighted by Gasteiger charge is -2.34. The van der Waals surface area contributed by atoms with Crippen LogP contribution in [0.15, 0.2) is 54.6 Å². The van der Waals surface area contributed by atoms with Crippen molar-refractivity contribution in [3.63, 3.8) is 0 Å². The fourth-order valence-electron chi connectivity index (χ4n) is 5.85. The molecule has 1 saturated heterocycles. The summed E-state index contributed by atoms with van der Waals surface area (Å²) in [6.45, 7) is 5.37. The van der Waals surface area contributed by atoms with Crippen LogP contribution in [0.3, 0.4) is 0 Å². The largest absolute Gasteiger partial charge is 0.496 e. The smallest absolute Gasteiger partial charge is 0.336 e. The van der Waals surface area contributed by atoms with Crippen LogP contribution in [-0.2, 0) is 17.7 Å². The van der Waals surface area contributed by atoms with Crippen molar-refractivity contribution < 1.29 is 24.2 Å². The first kappa shape index (κ1) is 29.1. The minimum atomic E-state index is -1.06. The molecule has 3 aromatic rings. The zero-order valence-corrected chi connectivity index (χ0v) is 24.1. The van der Waals surface area contributed by atoms with Crippen LogP contribution in [0.2, 0.25) is 0 Å². The van der Waals surface area contributed by atoms with E-state index in [4.69, 9.17) is 20.6 Å². The highest BCUT2D eigenvalue weighted by molar-refractivity contribution is 6.01. The summed E-state index contributed by atoms with van der Waals surface area (Å²) in [7, 11) is 3.22. The fourth-order valence-corrected chi connectivity index (χ4v) is 5.85. The van der Waals surface area contributed by atoms with E-state index >= 15 is 0 Å². The number of aromatic carboxylic acids is 1. The van der Waals surface area contributed by atoms with Gasteiger partial charge in [-0.15, -0.1) is 0 Å². The minimum Gasteiger partial charge on any atom is -0.496 e. The number of ether oxygens (including phenoxy) is 2. The summed E-state index contributed by atoms with van der Waals surface area (Å²) >= 11 is 0. The monoisotopic (exact) mass is 571 g/mol. The van der Waals surface area contributed by atoms with Gasteiger partial charge in [0.25, 0.3) is 5.91 Å². The topological polar surface area (TPSA) is 132 Å². The second-order valence-corrected chi connectivity index (χ2v) is 10.6. The number of hydrogen-bond acceptors (Lipinski definition) is 7. The van der Waals surface area contributed by atoms with E-state index in [1.54, 1.807) is 37.4 Å². The summed E-state index contributed by atoms with van der Waals surface area (Å²) in [6.07, 6.45) is 0.770. The Hall–Kier alpha value is -4.41. The van der Waals surface area contributed by atoms with Gasteiger partial charge in [0.05, 0.1) is 19.3 Å². The Morgan fingerprint density at radius 3 is 2.45 bits per heavy atom. The molecule has 1 fully saturated rings. The number of nitrogen functional groups attached to an aromatic ring is 1. The number of fused-ring (bicyclic) bond motifs is 1. The Bertz CT molecular complexity index is 1500. The Balaban J connectivity index is 1.44. The lowest BCUT2D eigenvalue weighted by atomic mass is 9.93. The standard InChI is InChI=1S/C32H37N5O5/c1-41-17-16-35-12-14-36(15-13-35)31(38)24-5-3-4-21(18-24)25-7-9-28(42-2)26(29(25)32(39)40)20-37-11-10-22-19-23(30(33)34)6-8-27(22)37/h3-9,18-19H,10-17,20H2,1-2H3,(H3,33,34)(H,39,40). The van der Waals surface area contributed by atoms with Gasteiger partial charge < -0.3 is 30.1 Å². The molecule has 42 heavy (non-hydrogen) atoms. The molecule has 0 radical (unpaired) electrons. The van der Waals surface area contributed by atoms with Crippen LogP contribution in [-0.4, -0.2) is 92.7 Å². The Morgan fingerprint density at radius 1 is 0.976 bits per heavy atom. The van der Waals surface area contributed by atoms with E-state index in [9.17, 15) is 14.7 Å². The molecule has 2 heterocycles. The van der Waals surface area contributed by atoms with Crippen LogP contribution >= 0.6 is 0 Å². The molecule has 10 nitrogen and oxygen atoms in total. The number of rotatable bonds is 10. The van der Waals surface area contributed by atoms with Gasteiger partial charge in [0.2, 0.25) is 0 Å². The molecule has 0 aliphatic carbocycles. The summed E-state index contributed by atoms with van der Waals surface area (Å²) in [4.78, 5) is 32.5. The van der Waals surface area contributed by atoms with Gasteiger partial charge in [0.1, 0.15) is 11.6 Å². The van der Waals surface area contributed by atoms with Gasteiger partial charge in [-0.25, -0.2) is 4.79 Å². The summed E-state index contributed by atoms with van der Waals surface area (Å²) in [5.74, 6) is -0.617. The number of carbonyl (C=O) groups is 2. The number of benzene rings is 3. The molecule has 2 aliphatic heterocycles. The van der Waals surface area contributed by atoms with Crippen LogP contribution in [0.4, 0.5) is 5.69 Å². The van der Waals surface area contributed by atoms with Gasteiger partial charge in [-0.1, -0.05) is 12.1 Å². The number of amides is 1. The van der Waals surface area contributed by atoms with Crippen molar-refractivity contribution in [1.29, 1.82) is 5.41 Å². The van der Waals surface area contributed by atoms with E-state index in [1.807, 2.05) is 29.2 Å². The highest BCUT2D eigenvalue weighted by Gasteiger charge is 2.27. The van der Waals surface area contributed by atoms with Crippen molar-refractivity contribution in [2.24, 2.45) is 5.73 Å². The van der Waals surface area contributed by atoms with Gasteiger partial charge in [-0.2, -0.15) is 0 Å². The number of hydrogen-bond donors (Lipinski definition) is 3. The van der Waals surface area contributed by atoms with Gasteiger partial charge in [0.15, 0.2) is 0 Å². The number of nitrogens with one attached hydrogen (secondary N) is 1. The first-order valence-corrected chi connectivity index (χ1v) is 14.1. The average Bonchev–Trinajstić information content (AvgIpc) is 3.41. The molecule has 1 amide bonds. The molecule has 0 unspecified atom stereocenters. The van der Waals surface area contributed by atoms with E-state index in [0.717, 1.165) is 37.3 Å². The third-order valence-corrected chi connectivity index (χ3v) is 8.13. The molecule has 10 heteroatoms. The summed E-state index contributed by atoms with van der Waals surface area (Å²) in [5, 5.41) is 18.2. The second kappa shape index (κ2) is 12.6. The van der Waals surface area contributed by atoms with Crippen LogP contribution < -0.4 is 15.4 Å². The lowest BCUT2D eigenvalue weighted by Crippen LogP contribution is -2.49. The van der Waals surface area contributed by atoms with Crippen molar-refractivity contribution in [3.8, 4) is 16.9 Å². The van der Waals surface area contributed by atoms with Crippen LogP contribution in [0.5, 0.6) is 5.75 Å². The van der Waals surface area contributed by atoms with E-state index in [0.29, 0.717) is 66.4 Å². The van der Waals surface area contributed by atoms with Crippen molar-refractivity contribution >= 4 is 23.4 Å². The fraction of sp³-hybridized carbons (Fsp3) is 0.344. The summed E-state index contributed by atoms with van der Waals surface area (Å²) in [5.41, 5.74) is 10.8. The molecule has 2 aliphatic rings. The maximum absolute atomic E-state index is 13.4. The number of methoxy groups -OCH3 is 2. The SMILES string of the molecule is COCCN1CCN(C(=O)c2cccc(-c3ccc(OC)c(CN4CCc5cc(C(=N)N)ccc54)c3C(=O)O)c2)CC1. The minimum absolute atomic E-state index is 0.0174. The molecule has 0 atom stereocenters. The molecule has 220 valence electrons. The zero-order chi connectivity index (χ0) is 29.8. The van der Waals surface area contributed by atoms with E-state index in [1.165, 1.54) is 7.11 Å².